The molecule has 1 aliphatic heterocycles. The first kappa shape index (κ1) is 15.6. The van der Waals surface area contributed by atoms with Crippen molar-refractivity contribution in [1.82, 2.24) is 0 Å². The van der Waals surface area contributed by atoms with Crippen molar-refractivity contribution >= 4 is 27.2 Å². The molecular weight excluding hydrogens is 297 g/mol. The normalized spacial score (nSPS) is 15.5. The maximum absolute atomic E-state index is 13.8. The number of carbonyl (C=O) groups excluding carboxylic acids is 2. The van der Waals surface area contributed by atoms with Gasteiger partial charge in [0.15, 0.2) is 9.84 Å². The third kappa shape index (κ3) is 2.57. The molecule has 114 valence electrons. The van der Waals surface area contributed by atoms with Gasteiger partial charge in [0.25, 0.3) is 11.7 Å². The Balaban J connectivity index is 2.32. The van der Waals surface area contributed by atoms with Crippen LogP contribution >= 0.6 is 0 Å². The van der Waals surface area contributed by atoms with Crippen LogP contribution in [0.3, 0.4) is 0 Å². The summed E-state index contributed by atoms with van der Waals surface area (Å²) >= 11 is 0. The first-order valence-corrected chi connectivity index (χ1v) is 8.08. The number of hydrogen-bond acceptors (Lipinski definition) is 4. The second-order valence-electron chi connectivity index (χ2n) is 5.85. The summed E-state index contributed by atoms with van der Waals surface area (Å²) < 4.78 is 37.0. The number of halogens is 1. The van der Waals surface area contributed by atoms with E-state index in [1.165, 1.54) is 12.1 Å². The number of ketones is 1. The molecule has 1 aromatic carbocycles. The molecule has 0 atom stereocenters. The SMILES string of the molecule is CC(C)(C)S(=O)(=O)CCN1C(=O)C(=O)c2cccc(F)c21. The van der Waals surface area contributed by atoms with Gasteiger partial charge in [-0.15, -0.1) is 0 Å². The van der Waals surface area contributed by atoms with Crippen LogP contribution in [-0.4, -0.2) is 37.2 Å². The molecule has 0 saturated carbocycles. The number of sulfone groups is 1. The van der Waals surface area contributed by atoms with Crippen LogP contribution in [0.25, 0.3) is 0 Å². The zero-order valence-electron chi connectivity index (χ0n) is 12.0. The highest BCUT2D eigenvalue weighted by atomic mass is 32.2. The number of nitrogens with zero attached hydrogens (tertiary/aromatic N) is 1. The molecule has 1 heterocycles. The van der Waals surface area contributed by atoms with Gasteiger partial charge >= 0.3 is 0 Å². The van der Waals surface area contributed by atoms with Gasteiger partial charge in [0.2, 0.25) is 0 Å². The number of hydrogen-bond donors (Lipinski definition) is 0. The van der Waals surface area contributed by atoms with Crippen LogP contribution in [0, 0.1) is 5.82 Å². The summed E-state index contributed by atoms with van der Waals surface area (Å²) in [5.74, 6) is -2.74. The molecule has 0 fully saturated rings. The second kappa shape index (κ2) is 4.91. The standard InChI is InChI=1S/C14H16FNO4S/c1-14(2,3)21(19,20)8-7-16-11-9(12(17)13(16)18)5-4-6-10(11)15/h4-6H,7-8H2,1-3H3. The minimum atomic E-state index is -3.47. The summed E-state index contributed by atoms with van der Waals surface area (Å²) in [5, 5.41) is 0. The Kier molecular flexibility index (Phi) is 3.65. The van der Waals surface area contributed by atoms with Crippen molar-refractivity contribution in [3.8, 4) is 0 Å². The third-order valence-electron chi connectivity index (χ3n) is 3.46. The molecule has 0 bridgehead atoms. The highest BCUT2D eigenvalue weighted by Crippen LogP contribution is 2.31. The molecule has 0 saturated heterocycles. The lowest BCUT2D eigenvalue weighted by Crippen LogP contribution is -2.39. The van der Waals surface area contributed by atoms with Crippen LogP contribution in [0.2, 0.25) is 0 Å². The van der Waals surface area contributed by atoms with E-state index in [1.807, 2.05) is 0 Å². The van der Waals surface area contributed by atoms with Crippen molar-refractivity contribution in [3.05, 3.63) is 29.6 Å². The van der Waals surface area contributed by atoms with Crippen molar-refractivity contribution in [2.75, 3.05) is 17.2 Å². The molecule has 5 nitrogen and oxygen atoms in total. The van der Waals surface area contributed by atoms with E-state index in [-0.39, 0.29) is 23.5 Å². The molecule has 1 aromatic rings. The molecule has 0 aliphatic carbocycles. The fourth-order valence-corrected chi connectivity index (χ4v) is 3.08. The van der Waals surface area contributed by atoms with Gasteiger partial charge in [-0.3, -0.25) is 9.59 Å². The van der Waals surface area contributed by atoms with Gasteiger partial charge in [-0.05, 0) is 32.9 Å². The van der Waals surface area contributed by atoms with E-state index >= 15 is 0 Å². The van der Waals surface area contributed by atoms with Crippen LogP contribution in [0.1, 0.15) is 31.1 Å². The fourth-order valence-electron chi connectivity index (χ4n) is 2.04. The van der Waals surface area contributed by atoms with Crippen LogP contribution in [-0.2, 0) is 14.6 Å². The van der Waals surface area contributed by atoms with Crippen LogP contribution < -0.4 is 4.90 Å². The maximum Gasteiger partial charge on any atom is 0.299 e. The van der Waals surface area contributed by atoms with E-state index in [1.54, 1.807) is 20.8 Å². The summed E-state index contributed by atoms with van der Waals surface area (Å²) in [4.78, 5) is 24.6. The minimum Gasteiger partial charge on any atom is -0.301 e. The van der Waals surface area contributed by atoms with Gasteiger partial charge < -0.3 is 4.90 Å². The zero-order chi connectivity index (χ0) is 16.0. The molecule has 0 unspecified atom stereocenters. The smallest absolute Gasteiger partial charge is 0.299 e. The van der Waals surface area contributed by atoms with Crippen molar-refractivity contribution in [1.29, 1.82) is 0 Å². The summed E-state index contributed by atoms with van der Waals surface area (Å²) in [6.45, 7) is 4.41. The summed E-state index contributed by atoms with van der Waals surface area (Å²) in [7, 11) is -3.47. The number of anilines is 1. The first-order chi connectivity index (χ1) is 9.56. The summed E-state index contributed by atoms with van der Waals surface area (Å²) in [6.07, 6.45) is 0. The Labute approximate surface area is 122 Å². The van der Waals surface area contributed by atoms with Crippen molar-refractivity contribution < 1.29 is 22.4 Å². The van der Waals surface area contributed by atoms with Gasteiger partial charge in [0.1, 0.15) is 5.82 Å². The number of benzene rings is 1. The molecule has 0 radical (unpaired) electrons. The lowest BCUT2D eigenvalue weighted by Gasteiger charge is -2.22. The van der Waals surface area contributed by atoms with Crippen LogP contribution in [0.5, 0.6) is 0 Å². The highest BCUT2D eigenvalue weighted by Gasteiger charge is 2.39. The molecule has 2 rings (SSSR count). The largest absolute Gasteiger partial charge is 0.301 e. The average Bonchev–Trinajstić information content (AvgIpc) is 2.61. The zero-order valence-corrected chi connectivity index (χ0v) is 12.8. The predicted molar refractivity (Wildman–Crippen MR) is 76.6 cm³/mol. The van der Waals surface area contributed by atoms with Crippen LogP contribution in [0.4, 0.5) is 10.1 Å². The number of fused-ring (bicyclic) bond motifs is 1. The number of para-hydroxylation sites is 1. The van der Waals surface area contributed by atoms with E-state index in [9.17, 15) is 22.4 Å². The Morgan fingerprint density at radius 3 is 2.38 bits per heavy atom. The topological polar surface area (TPSA) is 71.5 Å². The minimum absolute atomic E-state index is 0.0202. The molecule has 0 spiro atoms. The van der Waals surface area contributed by atoms with Gasteiger partial charge in [0, 0.05) is 6.54 Å². The Hall–Kier alpha value is -1.76. The molecule has 0 N–H and O–H groups in total. The Morgan fingerprint density at radius 1 is 1.19 bits per heavy atom. The second-order valence-corrected chi connectivity index (χ2v) is 8.72. The van der Waals surface area contributed by atoms with Gasteiger partial charge in [-0.1, -0.05) is 6.07 Å². The summed E-state index contributed by atoms with van der Waals surface area (Å²) in [5.41, 5.74) is -0.148. The van der Waals surface area contributed by atoms with E-state index in [4.69, 9.17) is 0 Å². The quantitative estimate of drug-likeness (QED) is 0.794. The first-order valence-electron chi connectivity index (χ1n) is 6.43. The summed E-state index contributed by atoms with van der Waals surface area (Å²) in [6, 6.07) is 3.83. The molecule has 0 aromatic heterocycles. The van der Waals surface area contributed by atoms with Crippen molar-refractivity contribution in [2.45, 2.75) is 25.5 Å². The molecule has 1 amide bonds. The molecular formula is C14H16FNO4S. The lowest BCUT2D eigenvalue weighted by atomic mass is 10.1. The average molecular weight is 313 g/mol. The van der Waals surface area contributed by atoms with Gasteiger partial charge in [-0.2, -0.15) is 0 Å². The third-order valence-corrected chi connectivity index (χ3v) is 6.04. The maximum atomic E-state index is 13.8. The van der Waals surface area contributed by atoms with E-state index in [0.717, 1.165) is 11.0 Å². The molecule has 21 heavy (non-hydrogen) atoms. The molecule has 1 aliphatic rings. The number of carbonyl (C=O) groups is 2. The van der Waals surface area contributed by atoms with Gasteiger partial charge in [0.05, 0.1) is 21.8 Å². The van der Waals surface area contributed by atoms with Crippen LogP contribution in [0.15, 0.2) is 18.2 Å². The van der Waals surface area contributed by atoms with E-state index in [0.29, 0.717) is 0 Å². The highest BCUT2D eigenvalue weighted by molar-refractivity contribution is 7.92. The molecule has 7 heteroatoms. The number of amides is 1. The van der Waals surface area contributed by atoms with E-state index < -0.39 is 32.1 Å². The number of rotatable bonds is 3. The van der Waals surface area contributed by atoms with E-state index in [2.05, 4.69) is 0 Å². The Bertz CT molecular complexity index is 719. The fraction of sp³-hybridized carbons (Fsp3) is 0.429. The van der Waals surface area contributed by atoms with Crippen molar-refractivity contribution in [3.63, 3.8) is 0 Å². The predicted octanol–water partition coefficient (Wildman–Crippen LogP) is 1.57. The van der Waals surface area contributed by atoms with Gasteiger partial charge in [-0.25, -0.2) is 12.8 Å². The monoisotopic (exact) mass is 313 g/mol. The Morgan fingerprint density at radius 2 is 1.81 bits per heavy atom. The number of Topliss-reactive ketones (excluding diaryl/α,β-unsaturated/α-hetero) is 1. The van der Waals surface area contributed by atoms with Crippen molar-refractivity contribution in [2.24, 2.45) is 0 Å². The lowest BCUT2D eigenvalue weighted by molar-refractivity contribution is -0.114.